The Hall–Kier alpha value is -1.95. The molecule has 0 unspecified atom stereocenters. The maximum absolute atomic E-state index is 13.5. The van der Waals surface area contributed by atoms with E-state index in [2.05, 4.69) is 209 Å². The molecule has 1 aromatic carbocycles. The summed E-state index contributed by atoms with van der Waals surface area (Å²) >= 11 is -0.0907. The summed E-state index contributed by atoms with van der Waals surface area (Å²) in [6.45, 7) is 67.2. The predicted molar refractivity (Wildman–Crippen MR) is 411 cm³/mol. The SMILES string of the molecule is CCN(CC)CC.CCN(CC)CC.CCN(CC)CC.CCN(CC)CC.CCN(CC)CC.CCN(CC)CC.CCN(CC)CC.O=S(=O)(O)OC[C@H]1O[C@@H](Sc2cccc(C(F)(F)F)c2)[C@H](OS(=O)(=O)O)[C@@H](OS(=O)(=O)O)[C@@H]1O[C@H]1O[C@H](COS(=O)(=O)O)[C@@H](OS(=O)(=O)O)[C@H](OS(=O)(=O)O)[C@H]1OS(=O)(=O)O. The highest BCUT2D eigenvalue weighted by Crippen LogP contribution is 2.42. The van der Waals surface area contributed by atoms with Crippen LogP contribution in [0.2, 0.25) is 0 Å². The number of ether oxygens (including phenoxy) is 3. The molecule has 0 aromatic heterocycles. The summed E-state index contributed by atoms with van der Waals surface area (Å²) in [6.07, 6.45) is -32.9. The van der Waals surface area contributed by atoms with Gasteiger partial charge in [-0.3, -0.25) is 31.9 Å². The van der Waals surface area contributed by atoms with Crippen LogP contribution in [-0.4, -0.2) is 336 Å². The Bertz CT molecular complexity index is 3170. The molecule has 1 aromatic rings. The minimum atomic E-state index is -6.19. The van der Waals surface area contributed by atoms with Crippen molar-refractivity contribution in [1.29, 1.82) is 0 Å². The van der Waals surface area contributed by atoms with Crippen LogP contribution in [0.15, 0.2) is 29.2 Å². The molecule has 2 saturated heterocycles. The molecule has 0 amide bonds. The van der Waals surface area contributed by atoms with Crippen molar-refractivity contribution >= 4 is 84.6 Å². The molecule has 2 aliphatic rings. The molecule has 0 saturated carbocycles. The van der Waals surface area contributed by atoms with Crippen LogP contribution < -0.4 is 0 Å². The second-order valence-electron chi connectivity index (χ2n) is 22.5. The van der Waals surface area contributed by atoms with Gasteiger partial charge in [-0.1, -0.05) is 163 Å². The molecule has 0 radical (unpaired) electrons. The zero-order valence-corrected chi connectivity index (χ0v) is 73.8. The van der Waals surface area contributed by atoms with Crippen molar-refractivity contribution < 1.29 is 147 Å². The second kappa shape index (κ2) is 60.5. The molecule has 7 N–H and O–H groups in total. The molecule has 10 atom stereocenters. The van der Waals surface area contributed by atoms with E-state index in [9.17, 15) is 99.4 Å². The van der Waals surface area contributed by atoms with Crippen LogP contribution in [0.25, 0.3) is 0 Å². The van der Waals surface area contributed by atoms with E-state index in [0.29, 0.717) is 12.1 Å². The maximum atomic E-state index is 13.5. The highest BCUT2D eigenvalue weighted by molar-refractivity contribution is 7.99. The molecular formula is C61H130F3N7O31S8. The number of nitrogens with zero attached hydrogens (tertiary/aromatic N) is 7. The molecule has 49 heteroatoms. The smallest absolute Gasteiger partial charge is 0.356 e. The van der Waals surface area contributed by atoms with Crippen molar-refractivity contribution in [3.8, 4) is 0 Å². The van der Waals surface area contributed by atoms with E-state index in [1.54, 1.807) is 0 Å². The monoisotopic (exact) mass is 1770 g/mol. The molecule has 0 aliphatic carbocycles. The number of hydrogen-bond acceptors (Lipinski definition) is 32. The number of halogens is 3. The Labute approximate surface area is 659 Å². The third-order valence-electron chi connectivity index (χ3n) is 16.2. The molecule has 664 valence electrons. The fraction of sp³-hybridized carbons (Fsp3) is 0.902. The first-order valence-corrected chi connectivity index (χ1v) is 46.4. The Morgan fingerprint density at radius 3 is 0.809 bits per heavy atom. The van der Waals surface area contributed by atoms with Gasteiger partial charge in [-0.15, -0.1) is 0 Å². The van der Waals surface area contributed by atoms with Crippen LogP contribution in [0.5, 0.6) is 0 Å². The largest absolute Gasteiger partial charge is 0.416 e. The van der Waals surface area contributed by atoms with E-state index in [1.165, 1.54) is 137 Å². The predicted octanol–water partition coefficient (Wildman–Crippen LogP) is 6.65. The third-order valence-corrected chi connectivity index (χ3v) is 20.5. The van der Waals surface area contributed by atoms with Gasteiger partial charge in [0, 0.05) is 4.90 Å². The zero-order valence-electron chi connectivity index (χ0n) is 67.3. The fourth-order valence-corrected chi connectivity index (χ4v) is 14.0. The summed E-state index contributed by atoms with van der Waals surface area (Å²) < 4.78 is 317. The lowest BCUT2D eigenvalue weighted by atomic mass is 9.97. The lowest BCUT2D eigenvalue weighted by Gasteiger charge is -2.48. The summed E-state index contributed by atoms with van der Waals surface area (Å²) in [4.78, 5) is 16.0. The number of thioether (sulfide) groups is 1. The van der Waals surface area contributed by atoms with Crippen molar-refractivity contribution in [1.82, 2.24) is 34.3 Å². The van der Waals surface area contributed by atoms with E-state index in [-0.39, 0.29) is 11.8 Å². The normalized spacial score (nSPS) is 20.7. The highest BCUT2D eigenvalue weighted by Gasteiger charge is 2.59. The molecule has 0 bridgehead atoms. The number of alkyl halides is 3. The molecule has 38 nitrogen and oxygen atoms in total. The third kappa shape index (κ3) is 58.8. The maximum Gasteiger partial charge on any atom is 0.416 e. The Kier molecular flexibility index (Phi) is 64.1. The molecule has 0 spiro atoms. The Morgan fingerprint density at radius 2 is 0.573 bits per heavy atom. The molecule has 2 aliphatic heterocycles. The second-order valence-corrected chi connectivity index (χ2v) is 31.1. The van der Waals surface area contributed by atoms with Crippen molar-refractivity contribution in [3.63, 3.8) is 0 Å². The lowest BCUT2D eigenvalue weighted by molar-refractivity contribution is -0.325. The van der Waals surface area contributed by atoms with Gasteiger partial charge < -0.3 is 48.5 Å². The van der Waals surface area contributed by atoms with Crippen molar-refractivity contribution in [2.45, 2.75) is 217 Å². The molecule has 3 rings (SSSR count). The Balaban J connectivity index is -0.000000593. The first-order valence-electron chi connectivity index (χ1n) is 36.0. The van der Waals surface area contributed by atoms with E-state index in [1.807, 2.05) is 0 Å². The van der Waals surface area contributed by atoms with Gasteiger partial charge in [-0.25, -0.2) is 29.3 Å². The quantitative estimate of drug-likeness (QED) is 0.0337. The number of rotatable bonds is 41. The molecule has 2 fully saturated rings. The van der Waals surface area contributed by atoms with Crippen LogP contribution in [0.1, 0.15) is 151 Å². The standard InChI is InChI=1S/C19H25F3O31S8.7C6H15N/c20-19(21,22)7-2-1-3-8(4-7)54-18-16(53-61(41,42)43)13(50-58(32,33)34)11(9(47-18)5-44-55(23,24)25)48-17-15(52-60(38,39)40)14(51-59(35,36)37)12(49-57(29,30)31)10(46-17)6-45-56(26,27)28;7*1-4-7(5-2)6-3/h1-4,9-18H,5-6H2,(H,23,24,25)(H,26,27,28)(H,29,30,31)(H,32,33,34)(H,35,36,37)(H,38,39,40)(H,41,42,43);7*4-6H2,1-3H3/t9-,10-,11-,12-,13+,14+,15-,16-,17-,18+;;;;;;;/m1......./s1. The van der Waals surface area contributed by atoms with E-state index < -0.39 is 163 Å². The van der Waals surface area contributed by atoms with Crippen LogP contribution >= 0.6 is 11.8 Å². The average Bonchev–Trinajstić information content (AvgIpc) is 0.757. The minimum Gasteiger partial charge on any atom is -0.356 e. The van der Waals surface area contributed by atoms with Gasteiger partial charge in [0.1, 0.15) is 48.2 Å². The molecular weight excluding hydrogens is 1640 g/mol. The number of hydrogen-bond donors (Lipinski definition) is 7. The zero-order chi connectivity index (χ0) is 86.8. The van der Waals surface area contributed by atoms with Crippen LogP contribution in [-0.2, 0) is 122 Å². The van der Waals surface area contributed by atoms with Crippen LogP contribution in [0.3, 0.4) is 0 Å². The van der Waals surface area contributed by atoms with Gasteiger partial charge in [0.25, 0.3) is 0 Å². The van der Waals surface area contributed by atoms with E-state index >= 15 is 0 Å². The van der Waals surface area contributed by atoms with E-state index in [4.69, 9.17) is 18.8 Å². The minimum absolute atomic E-state index is 0.0907. The lowest BCUT2D eigenvalue weighted by Crippen LogP contribution is -2.66. The Morgan fingerprint density at radius 1 is 0.336 bits per heavy atom. The first-order chi connectivity index (χ1) is 50.6. The first kappa shape index (κ1) is 117. The summed E-state index contributed by atoms with van der Waals surface area (Å²) in [5.41, 5.74) is -3.90. The summed E-state index contributed by atoms with van der Waals surface area (Å²) in [7, 11) is -42.0. The van der Waals surface area contributed by atoms with Gasteiger partial charge in [-0.05, 0) is 156 Å². The van der Waals surface area contributed by atoms with Gasteiger partial charge in [0.05, 0.1) is 18.8 Å². The van der Waals surface area contributed by atoms with Crippen molar-refractivity contribution in [2.24, 2.45) is 0 Å². The highest BCUT2D eigenvalue weighted by atomic mass is 32.3. The average molecular weight is 1770 g/mol. The van der Waals surface area contributed by atoms with Gasteiger partial charge in [0.15, 0.2) is 12.4 Å². The molecule has 2 heterocycles. The van der Waals surface area contributed by atoms with Crippen LogP contribution in [0.4, 0.5) is 13.2 Å². The van der Waals surface area contributed by atoms with Gasteiger partial charge in [-0.2, -0.15) is 72.1 Å². The summed E-state index contributed by atoms with van der Waals surface area (Å²) in [6, 6.07) is 2.43. The molecule has 110 heavy (non-hydrogen) atoms. The number of benzene rings is 1. The summed E-state index contributed by atoms with van der Waals surface area (Å²) in [5.74, 6) is 0. The van der Waals surface area contributed by atoms with Crippen LogP contribution in [0, 0.1) is 0 Å². The van der Waals surface area contributed by atoms with Gasteiger partial charge in [0.2, 0.25) is 0 Å². The van der Waals surface area contributed by atoms with Crippen molar-refractivity contribution in [3.05, 3.63) is 29.8 Å². The summed E-state index contributed by atoms with van der Waals surface area (Å²) in [5, 5.41) is 0. The fourth-order valence-electron chi connectivity index (χ4n) is 9.67. The topological polar surface area (TPSA) is 496 Å². The van der Waals surface area contributed by atoms with Gasteiger partial charge >= 0.3 is 79.0 Å². The van der Waals surface area contributed by atoms with Crippen molar-refractivity contribution in [2.75, 3.05) is 151 Å². The van der Waals surface area contributed by atoms with E-state index in [0.717, 1.165) is 12.1 Å².